The van der Waals surface area contributed by atoms with Crippen LogP contribution in [0.5, 0.6) is 5.75 Å². The Morgan fingerprint density at radius 1 is 1.26 bits per heavy atom. The van der Waals surface area contributed by atoms with Crippen LogP contribution in [0.1, 0.15) is 35.3 Å². The number of rotatable bonds is 5. The molecular weight excluding hydrogens is 263 g/mol. The van der Waals surface area contributed by atoms with Crippen molar-refractivity contribution in [2.24, 2.45) is 0 Å². The lowest BCUT2D eigenvalue weighted by Gasteiger charge is -2.09. The first-order chi connectivity index (χ1) is 9.10. The van der Waals surface area contributed by atoms with Crippen molar-refractivity contribution in [3.05, 3.63) is 51.5 Å². The van der Waals surface area contributed by atoms with E-state index in [1.807, 2.05) is 6.07 Å². The normalized spacial score (nSPS) is 12.4. The van der Waals surface area contributed by atoms with E-state index in [4.69, 9.17) is 4.74 Å². The van der Waals surface area contributed by atoms with Crippen molar-refractivity contribution in [1.82, 2.24) is 0 Å². The van der Waals surface area contributed by atoms with Crippen LogP contribution >= 0.6 is 11.3 Å². The second-order valence-corrected chi connectivity index (χ2v) is 5.63. The number of halogens is 1. The third-order valence-electron chi connectivity index (χ3n) is 2.87. The van der Waals surface area contributed by atoms with Crippen molar-refractivity contribution in [2.75, 3.05) is 0 Å². The second kappa shape index (κ2) is 6.17. The molecule has 102 valence electrons. The van der Waals surface area contributed by atoms with Gasteiger partial charge in [-0.1, -0.05) is 13.0 Å². The number of aliphatic hydroxyl groups is 1. The first-order valence-electron chi connectivity index (χ1n) is 6.28. The number of hydrogen-bond donors (Lipinski definition) is 1. The van der Waals surface area contributed by atoms with Gasteiger partial charge >= 0.3 is 0 Å². The van der Waals surface area contributed by atoms with E-state index in [1.54, 1.807) is 30.4 Å². The highest BCUT2D eigenvalue weighted by atomic mass is 32.1. The van der Waals surface area contributed by atoms with E-state index in [-0.39, 0.29) is 5.75 Å². The second-order valence-electron chi connectivity index (χ2n) is 4.38. The van der Waals surface area contributed by atoms with Crippen molar-refractivity contribution in [1.29, 1.82) is 0 Å². The van der Waals surface area contributed by atoms with Crippen LogP contribution in [0.4, 0.5) is 4.39 Å². The molecule has 1 atom stereocenters. The average Bonchev–Trinajstić information content (AvgIpc) is 2.85. The predicted molar refractivity (Wildman–Crippen MR) is 75.1 cm³/mol. The molecule has 2 aromatic rings. The van der Waals surface area contributed by atoms with Crippen molar-refractivity contribution in [3.8, 4) is 5.75 Å². The Kier molecular flexibility index (Phi) is 4.56. The van der Waals surface area contributed by atoms with Gasteiger partial charge in [0.25, 0.3) is 0 Å². The molecular formula is C15H17FO2S. The van der Waals surface area contributed by atoms with Crippen molar-refractivity contribution >= 4 is 11.3 Å². The fourth-order valence-corrected chi connectivity index (χ4v) is 2.60. The average molecular weight is 280 g/mol. The molecule has 0 spiro atoms. The molecule has 0 saturated heterocycles. The zero-order valence-corrected chi connectivity index (χ0v) is 11.8. The highest BCUT2D eigenvalue weighted by Gasteiger charge is 2.08. The zero-order valence-electron chi connectivity index (χ0n) is 11.0. The highest BCUT2D eigenvalue weighted by molar-refractivity contribution is 7.11. The smallest absolute Gasteiger partial charge is 0.165 e. The van der Waals surface area contributed by atoms with Crippen LogP contribution in [-0.2, 0) is 13.0 Å². The molecule has 1 N–H and O–H groups in total. The molecule has 0 bridgehead atoms. The minimum Gasteiger partial charge on any atom is -0.485 e. The lowest BCUT2D eigenvalue weighted by Crippen LogP contribution is -1.98. The van der Waals surface area contributed by atoms with Crippen LogP contribution in [0.2, 0.25) is 0 Å². The number of aryl methyl sites for hydroxylation is 1. The van der Waals surface area contributed by atoms with Gasteiger partial charge in [0, 0.05) is 9.75 Å². The SMILES string of the molecule is CCc1ccc(COc2ccc(C(C)O)cc2F)s1. The van der Waals surface area contributed by atoms with E-state index >= 15 is 0 Å². The molecule has 19 heavy (non-hydrogen) atoms. The van der Waals surface area contributed by atoms with Crippen LogP contribution in [0.25, 0.3) is 0 Å². The lowest BCUT2D eigenvalue weighted by atomic mass is 10.1. The van der Waals surface area contributed by atoms with Crippen LogP contribution in [0, 0.1) is 5.82 Å². The van der Waals surface area contributed by atoms with Crippen LogP contribution in [0.3, 0.4) is 0 Å². The molecule has 0 aliphatic carbocycles. The van der Waals surface area contributed by atoms with E-state index in [1.165, 1.54) is 10.9 Å². The van der Waals surface area contributed by atoms with Gasteiger partial charge in [-0.2, -0.15) is 0 Å². The summed E-state index contributed by atoms with van der Waals surface area (Å²) < 4.78 is 19.2. The fraction of sp³-hybridized carbons (Fsp3) is 0.333. The Labute approximate surface area is 116 Å². The summed E-state index contributed by atoms with van der Waals surface area (Å²) >= 11 is 1.68. The van der Waals surface area contributed by atoms with Gasteiger partial charge in [-0.05, 0) is 43.2 Å². The summed E-state index contributed by atoms with van der Waals surface area (Å²) in [7, 11) is 0. The first-order valence-corrected chi connectivity index (χ1v) is 7.09. The third-order valence-corrected chi connectivity index (χ3v) is 4.08. The largest absolute Gasteiger partial charge is 0.485 e. The maximum absolute atomic E-state index is 13.8. The molecule has 0 saturated carbocycles. The maximum atomic E-state index is 13.8. The Bertz CT molecular complexity index is 549. The van der Waals surface area contributed by atoms with Crippen molar-refractivity contribution in [2.45, 2.75) is 33.0 Å². The van der Waals surface area contributed by atoms with Crippen molar-refractivity contribution < 1.29 is 14.2 Å². The lowest BCUT2D eigenvalue weighted by molar-refractivity contribution is 0.198. The van der Waals surface area contributed by atoms with Crippen LogP contribution < -0.4 is 4.74 Å². The Morgan fingerprint density at radius 2 is 2.00 bits per heavy atom. The Hall–Kier alpha value is -1.39. The quantitative estimate of drug-likeness (QED) is 0.894. The molecule has 2 rings (SSSR count). The fourth-order valence-electron chi connectivity index (χ4n) is 1.73. The molecule has 2 nitrogen and oxygen atoms in total. The number of benzene rings is 1. The summed E-state index contributed by atoms with van der Waals surface area (Å²) in [5.74, 6) is -0.221. The molecule has 0 aliphatic heterocycles. The molecule has 0 amide bonds. The van der Waals surface area contributed by atoms with E-state index in [9.17, 15) is 9.50 Å². The summed E-state index contributed by atoms with van der Waals surface area (Å²) in [4.78, 5) is 2.37. The monoisotopic (exact) mass is 280 g/mol. The number of aliphatic hydroxyl groups excluding tert-OH is 1. The minimum absolute atomic E-state index is 0.218. The summed E-state index contributed by atoms with van der Waals surface area (Å²) in [6.07, 6.45) is 0.329. The van der Waals surface area contributed by atoms with Gasteiger partial charge in [-0.25, -0.2) is 4.39 Å². The molecule has 1 heterocycles. The van der Waals surface area contributed by atoms with Gasteiger partial charge in [0.2, 0.25) is 0 Å². The predicted octanol–water partition coefficient (Wildman–Crippen LogP) is 4.08. The molecule has 0 radical (unpaired) electrons. The minimum atomic E-state index is -0.673. The van der Waals surface area contributed by atoms with Gasteiger partial charge < -0.3 is 9.84 Å². The van der Waals surface area contributed by atoms with Crippen LogP contribution in [-0.4, -0.2) is 5.11 Å². The molecule has 1 aromatic heterocycles. The van der Waals surface area contributed by atoms with E-state index in [2.05, 4.69) is 13.0 Å². The van der Waals surface area contributed by atoms with Gasteiger partial charge in [-0.15, -0.1) is 11.3 Å². The van der Waals surface area contributed by atoms with Gasteiger partial charge in [0.05, 0.1) is 6.10 Å². The molecule has 1 unspecified atom stereocenters. The number of hydrogen-bond acceptors (Lipinski definition) is 3. The molecule has 4 heteroatoms. The van der Waals surface area contributed by atoms with Gasteiger partial charge in [0.15, 0.2) is 11.6 Å². The number of thiophene rings is 1. The van der Waals surface area contributed by atoms with Gasteiger partial charge in [-0.3, -0.25) is 0 Å². The van der Waals surface area contributed by atoms with E-state index < -0.39 is 11.9 Å². The standard InChI is InChI=1S/C15H17FO2S/c1-3-12-5-6-13(19-12)9-18-15-7-4-11(10(2)17)8-14(15)16/h4-8,10,17H,3,9H2,1-2H3. The summed E-state index contributed by atoms with van der Waals surface area (Å²) in [6.45, 7) is 4.08. The highest BCUT2D eigenvalue weighted by Crippen LogP contribution is 2.24. The Morgan fingerprint density at radius 3 is 2.58 bits per heavy atom. The summed E-state index contributed by atoms with van der Waals surface area (Å²) in [6, 6.07) is 8.62. The third kappa shape index (κ3) is 3.55. The van der Waals surface area contributed by atoms with Gasteiger partial charge in [0.1, 0.15) is 6.61 Å². The van der Waals surface area contributed by atoms with E-state index in [0.29, 0.717) is 12.2 Å². The zero-order chi connectivity index (χ0) is 13.8. The van der Waals surface area contributed by atoms with Crippen molar-refractivity contribution in [3.63, 3.8) is 0 Å². The molecule has 0 fully saturated rings. The summed E-state index contributed by atoms with van der Waals surface area (Å²) in [5.41, 5.74) is 0.550. The molecule has 0 aliphatic rings. The Balaban J connectivity index is 2.03. The maximum Gasteiger partial charge on any atom is 0.165 e. The van der Waals surface area contributed by atoms with E-state index in [0.717, 1.165) is 11.3 Å². The topological polar surface area (TPSA) is 29.5 Å². The first kappa shape index (κ1) is 14.0. The summed E-state index contributed by atoms with van der Waals surface area (Å²) in [5, 5.41) is 9.37. The van der Waals surface area contributed by atoms with Crippen LogP contribution in [0.15, 0.2) is 30.3 Å². The molecule has 1 aromatic carbocycles. The number of ether oxygens (including phenoxy) is 1.